The van der Waals surface area contributed by atoms with Crippen LogP contribution in [0.3, 0.4) is 0 Å². The van der Waals surface area contributed by atoms with Gasteiger partial charge in [0.15, 0.2) is 17.3 Å². The maximum Gasteiger partial charge on any atom is 0.165 e. The molecule has 1 N–H and O–H groups in total. The van der Waals surface area contributed by atoms with Crippen LogP contribution in [0.5, 0.6) is 11.5 Å². The number of hydrogen-bond donors (Lipinski definition) is 1. The molecule has 0 saturated heterocycles. The first-order valence-corrected chi connectivity index (χ1v) is 9.58. The number of aromatic hydroxyl groups is 1. The van der Waals surface area contributed by atoms with E-state index in [2.05, 4.69) is 20.3 Å². The van der Waals surface area contributed by atoms with E-state index < -0.39 is 0 Å². The van der Waals surface area contributed by atoms with Crippen molar-refractivity contribution < 1.29 is 9.84 Å². The molecule has 0 aliphatic rings. The number of aromatic nitrogens is 5. The first-order chi connectivity index (χ1) is 15.2. The quantitative estimate of drug-likeness (QED) is 0.464. The maximum absolute atomic E-state index is 10.2. The van der Waals surface area contributed by atoms with E-state index in [0.29, 0.717) is 11.6 Å². The Morgan fingerprint density at radius 2 is 1.74 bits per heavy atom. The third kappa shape index (κ3) is 3.40. The van der Waals surface area contributed by atoms with Crippen LogP contribution in [0.25, 0.3) is 22.0 Å². The summed E-state index contributed by atoms with van der Waals surface area (Å²) < 4.78 is 5.15. The number of benzene rings is 3. The van der Waals surface area contributed by atoms with Crippen molar-refractivity contribution >= 4 is 22.4 Å². The highest BCUT2D eigenvalue weighted by Crippen LogP contribution is 2.35. The first kappa shape index (κ1) is 18.6. The molecule has 2 heterocycles. The smallest absolute Gasteiger partial charge is 0.165 e. The first-order valence-electron chi connectivity index (χ1n) is 9.58. The Bertz CT molecular complexity index is 1340. The van der Waals surface area contributed by atoms with Crippen molar-refractivity contribution in [2.24, 2.45) is 0 Å². The van der Waals surface area contributed by atoms with E-state index in [4.69, 9.17) is 4.74 Å². The highest BCUT2D eigenvalue weighted by molar-refractivity contribution is 5.94. The molecule has 0 radical (unpaired) electrons. The van der Waals surface area contributed by atoms with Crippen molar-refractivity contribution in [2.45, 2.75) is 0 Å². The minimum Gasteiger partial charge on any atom is -0.504 e. The lowest BCUT2D eigenvalue weighted by Crippen LogP contribution is -2.26. The SMILES string of the molecule is COc1ccc(-c2ccc3ncnc(N(c4ccccc4)n4ccnn4)c3c2)cc1O. The van der Waals surface area contributed by atoms with Gasteiger partial charge in [0.05, 0.1) is 30.7 Å². The number of fused-ring (bicyclic) bond motifs is 1. The zero-order chi connectivity index (χ0) is 21.2. The molecule has 3 aromatic carbocycles. The van der Waals surface area contributed by atoms with Crippen LogP contribution in [-0.2, 0) is 0 Å². The van der Waals surface area contributed by atoms with Gasteiger partial charge in [0.1, 0.15) is 6.33 Å². The number of phenolic OH excluding ortho intramolecular Hbond substituents is 1. The fourth-order valence-corrected chi connectivity index (χ4v) is 3.48. The van der Waals surface area contributed by atoms with E-state index in [1.807, 2.05) is 59.6 Å². The summed E-state index contributed by atoms with van der Waals surface area (Å²) in [5.41, 5.74) is 3.42. The number of rotatable bonds is 5. The van der Waals surface area contributed by atoms with E-state index in [-0.39, 0.29) is 5.75 Å². The van der Waals surface area contributed by atoms with Crippen LogP contribution in [0.2, 0.25) is 0 Å². The van der Waals surface area contributed by atoms with E-state index in [0.717, 1.165) is 27.7 Å². The van der Waals surface area contributed by atoms with Crippen LogP contribution in [0, 0.1) is 0 Å². The zero-order valence-electron chi connectivity index (χ0n) is 16.6. The van der Waals surface area contributed by atoms with Gasteiger partial charge in [-0.2, -0.15) is 4.79 Å². The van der Waals surface area contributed by atoms with E-state index in [1.54, 1.807) is 29.3 Å². The van der Waals surface area contributed by atoms with Gasteiger partial charge in [0, 0.05) is 5.39 Å². The number of ether oxygens (including phenoxy) is 1. The summed E-state index contributed by atoms with van der Waals surface area (Å²) >= 11 is 0. The van der Waals surface area contributed by atoms with Crippen LogP contribution >= 0.6 is 0 Å². The third-order valence-electron chi connectivity index (χ3n) is 4.94. The highest BCUT2D eigenvalue weighted by Gasteiger charge is 2.18. The minimum atomic E-state index is 0.0816. The van der Waals surface area contributed by atoms with Gasteiger partial charge in [-0.05, 0) is 52.7 Å². The standard InChI is InChI=1S/C23H18N6O2/c1-31-22-10-8-17(14-21(22)30)16-7-9-20-19(13-16)23(25-15-24-20)29(28-12-11-26-27-28)18-5-3-2-4-6-18/h2-15,30H,1H3. The van der Waals surface area contributed by atoms with Gasteiger partial charge in [-0.15, -0.1) is 5.10 Å². The van der Waals surface area contributed by atoms with Crippen molar-refractivity contribution in [3.8, 4) is 22.6 Å². The molecular weight excluding hydrogens is 392 g/mol. The number of para-hydroxylation sites is 1. The lowest BCUT2D eigenvalue weighted by molar-refractivity contribution is 0.373. The number of nitrogens with zero attached hydrogens (tertiary/aromatic N) is 6. The zero-order valence-corrected chi connectivity index (χ0v) is 16.6. The Labute approximate surface area is 178 Å². The van der Waals surface area contributed by atoms with Gasteiger partial charge < -0.3 is 9.84 Å². The number of anilines is 2. The third-order valence-corrected chi connectivity index (χ3v) is 4.94. The molecule has 0 bridgehead atoms. The highest BCUT2D eigenvalue weighted by atomic mass is 16.5. The van der Waals surface area contributed by atoms with Crippen LogP contribution in [-0.4, -0.2) is 37.3 Å². The molecule has 0 aliphatic carbocycles. The lowest BCUT2D eigenvalue weighted by atomic mass is 10.0. The number of hydrogen-bond acceptors (Lipinski definition) is 7. The van der Waals surface area contributed by atoms with Crippen LogP contribution in [0.1, 0.15) is 0 Å². The Kier molecular flexibility index (Phi) is 4.64. The minimum absolute atomic E-state index is 0.0816. The van der Waals surface area contributed by atoms with Crippen LogP contribution < -0.4 is 9.75 Å². The molecule has 31 heavy (non-hydrogen) atoms. The monoisotopic (exact) mass is 410 g/mol. The Hall–Kier alpha value is -4.46. The van der Waals surface area contributed by atoms with Crippen LogP contribution in [0.4, 0.5) is 11.5 Å². The molecule has 5 rings (SSSR count). The van der Waals surface area contributed by atoms with Crippen LogP contribution in [0.15, 0.2) is 85.5 Å². The Balaban J connectivity index is 1.70. The maximum atomic E-state index is 10.2. The van der Waals surface area contributed by atoms with Crippen molar-refractivity contribution in [2.75, 3.05) is 12.1 Å². The summed E-state index contributed by atoms with van der Waals surface area (Å²) in [6.07, 6.45) is 4.90. The van der Waals surface area contributed by atoms with Gasteiger partial charge in [0.2, 0.25) is 0 Å². The molecule has 0 unspecified atom stereocenters. The summed E-state index contributed by atoms with van der Waals surface area (Å²) in [6.45, 7) is 0. The average molecular weight is 410 g/mol. The predicted octanol–water partition coefficient (Wildman–Crippen LogP) is 4.20. The fourth-order valence-electron chi connectivity index (χ4n) is 3.48. The molecule has 0 atom stereocenters. The predicted molar refractivity (Wildman–Crippen MR) is 117 cm³/mol. The molecule has 8 heteroatoms. The molecule has 0 fully saturated rings. The molecule has 0 amide bonds. The van der Waals surface area contributed by atoms with Gasteiger partial charge in [-0.25, -0.2) is 15.0 Å². The van der Waals surface area contributed by atoms with E-state index >= 15 is 0 Å². The van der Waals surface area contributed by atoms with Gasteiger partial charge in [-0.3, -0.25) is 0 Å². The molecule has 5 aromatic rings. The summed E-state index contributed by atoms with van der Waals surface area (Å²) in [4.78, 5) is 10.6. The second-order valence-electron chi connectivity index (χ2n) is 6.79. The molecule has 0 spiro atoms. The Morgan fingerprint density at radius 3 is 2.48 bits per heavy atom. The molecule has 8 nitrogen and oxygen atoms in total. The molecule has 0 saturated carbocycles. The van der Waals surface area contributed by atoms with E-state index in [1.165, 1.54) is 13.4 Å². The number of methoxy groups -OCH3 is 1. The lowest BCUT2D eigenvalue weighted by Gasteiger charge is -2.23. The topological polar surface area (TPSA) is 89.2 Å². The average Bonchev–Trinajstić information content (AvgIpc) is 3.34. The molecule has 2 aromatic heterocycles. The van der Waals surface area contributed by atoms with Gasteiger partial charge >= 0.3 is 0 Å². The van der Waals surface area contributed by atoms with Crippen molar-refractivity contribution in [1.29, 1.82) is 0 Å². The largest absolute Gasteiger partial charge is 0.504 e. The summed E-state index contributed by atoms with van der Waals surface area (Å²) in [5, 5.41) is 21.0. The number of phenols is 1. The second kappa shape index (κ2) is 7.75. The van der Waals surface area contributed by atoms with Crippen molar-refractivity contribution in [1.82, 2.24) is 25.1 Å². The molecule has 152 valence electrons. The van der Waals surface area contributed by atoms with Crippen molar-refractivity contribution in [3.05, 3.63) is 85.5 Å². The molecular formula is C23H18N6O2. The molecule has 0 aliphatic heterocycles. The van der Waals surface area contributed by atoms with E-state index in [9.17, 15) is 5.11 Å². The summed E-state index contributed by atoms with van der Waals surface area (Å²) in [7, 11) is 1.52. The fraction of sp³-hybridized carbons (Fsp3) is 0.0435. The summed E-state index contributed by atoms with van der Waals surface area (Å²) in [6, 6.07) is 21.0. The van der Waals surface area contributed by atoms with Crippen molar-refractivity contribution in [3.63, 3.8) is 0 Å². The van der Waals surface area contributed by atoms with Gasteiger partial charge in [-0.1, -0.05) is 30.3 Å². The normalized spacial score (nSPS) is 10.9. The second-order valence-corrected chi connectivity index (χ2v) is 6.79. The summed E-state index contributed by atoms with van der Waals surface area (Å²) in [5.74, 6) is 1.16. The van der Waals surface area contributed by atoms with Gasteiger partial charge in [0.25, 0.3) is 0 Å². The Morgan fingerprint density at radius 1 is 0.935 bits per heavy atom.